The van der Waals surface area contributed by atoms with Crippen LogP contribution in [0.2, 0.25) is 0 Å². The largest absolute Gasteiger partial charge is 0.350 e. The highest BCUT2D eigenvalue weighted by molar-refractivity contribution is 6.03. The van der Waals surface area contributed by atoms with Gasteiger partial charge >= 0.3 is 6.03 Å². The first-order valence-electron chi connectivity index (χ1n) is 6.69. The normalized spacial score (nSPS) is 23.3. The zero-order chi connectivity index (χ0) is 13.8. The van der Waals surface area contributed by atoms with Crippen molar-refractivity contribution in [2.45, 2.75) is 32.4 Å². The number of hydrogen-bond acceptors (Lipinski definition) is 3. The van der Waals surface area contributed by atoms with Gasteiger partial charge in [0, 0.05) is 20.2 Å². The van der Waals surface area contributed by atoms with E-state index in [0.717, 1.165) is 24.2 Å². The first-order chi connectivity index (χ1) is 9.15. The topological polar surface area (TPSA) is 49.9 Å². The molecule has 1 atom stereocenters. The Morgan fingerprint density at radius 1 is 1.42 bits per heavy atom. The van der Waals surface area contributed by atoms with Gasteiger partial charge in [0.1, 0.15) is 0 Å². The van der Waals surface area contributed by atoms with Gasteiger partial charge in [-0.05, 0) is 26.2 Å². The molecule has 1 aliphatic heterocycles. The van der Waals surface area contributed by atoms with Crippen molar-refractivity contribution in [3.8, 4) is 0 Å². The van der Waals surface area contributed by atoms with Gasteiger partial charge in [0.25, 0.3) is 5.91 Å². The number of carbonyl (C=O) groups excluding carboxylic acids is 2. The van der Waals surface area contributed by atoms with Gasteiger partial charge in [-0.25, -0.2) is 4.79 Å². The molecule has 1 unspecified atom stereocenters. The van der Waals surface area contributed by atoms with Gasteiger partial charge in [-0.2, -0.15) is 0 Å². The maximum Gasteiger partial charge on any atom is 0.329 e. The highest BCUT2D eigenvalue weighted by Crippen LogP contribution is 2.21. The molecule has 3 amide bonds. The van der Waals surface area contributed by atoms with Crippen molar-refractivity contribution in [2.24, 2.45) is 0 Å². The lowest BCUT2D eigenvalue weighted by molar-refractivity contribution is -0.140. The molecule has 2 rings (SSSR count). The van der Waals surface area contributed by atoms with Gasteiger partial charge in [-0.1, -0.05) is 23.8 Å². The molecule has 0 aromatic rings. The summed E-state index contributed by atoms with van der Waals surface area (Å²) in [6, 6.07) is -0.268. The summed E-state index contributed by atoms with van der Waals surface area (Å²) in [5.74, 6) is -0.274. The van der Waals surface area contributed by atoms with Crippen LogP contribution < -0.4 is 0 Å². The van der Waals surface area contributed by atoms with E-state index in [4.69, 9.17) is 4.74 Å². The van der Waals surface area contributed by atoms with E-state index in [1.54, 1.807) is 0 Å². The molecule has 5 heteroatoms. The van der Waals surface area contributed by atoms with Gasteiger partial charge < -0.3 is 4.74 Å². The number of rotatable bonds is 5. The van der Waals surface area contributed by atoms with Crippen LogP contribution in [-0.2, 0) is 9.53 Å². The summed E-state index contributed by atoms with van der Waals surface area (Å²) in [7, 11) is 1.50. The minimum Gasteiger partial charge on any atom is -0.350 e. The van der Waals surface area contributed by atoms with Crippen LogP contribution in [0, 0.1) is 0 Å². The first kappa shape index (κ1) is 13.8. The van der Waals surface area contributed by atoms with Crippen molar-refractivity contribution in [1.29, 1.82) is 0 Å². The SMILES string of the molecule is CCOC1C(=O)N(C)C(=O)N1CCC1=CC=CCC1. The van der Waals surface area contributed by atoms with Gasteiger partial charge in [0.2, 0.25) is 6.23 Å². The molecule has 0 radical (unpaired) electrons. The maximum absolute atomic E-state index is 12.0. The highest BCUT2D eigenvalue weighted by Gasteiger charge is 2.43. The number of allylic oxidation sites excluding steroid dienone is 3. The predicted molar refractivity (Wildman–Crippen MR) is 71.4 cm³/mol. The number of imide groups is 1. The van der Waals surface area contributed by atoms with Crippen LogP contribution in [0.5, 0.6) is 0 Å². The van der Waals surface area contributed by atoms with Crippen molar-refractivity contribution in [1.82, 2.24) is 9.80 Å². The third-order valence-electron chi connectivity index (χ3n) is 3.46. The molecule has 0 N–H and O–H groups in total. The van der Waals surface area contributed by atoms with E-state index in [0.29, 0.717) is 13.2 Å². The van der Waals surface area contributed by atoms with E-state index >= 15 is 0 Å². The molecule has 0 aromatic heterocycles. The van der Waals surface area contributed by atoms with E-state index in [1.165, 1.54) is 17.5 Å². The summed E-state index contributed by atoms with van der Waals surface area (Å²) < 4.78 is 5.39. The Labute approximate surface area is 113 Å². The minimum atomic E-state index is -0.748. The van der Waals surface area contributed by atoms with Gasteiger partial charge in [0.05, 0.1) is 0 Å². The second kappa shape index (κ2) is 6.02. The third-order valence-corrected chi connectivity index (χ3v) is 3.46. The number of urea groups is 1. The molecule has 0 saturated carbocycles. The average molecular weight is 264 g/mol. The van der Waals surface area contributed by atoms with Crippen LogP contribution in [0.1, 0.15) is 26.2 Å². The smallest absolute Gasteiger partial charge is 0.329 e. The Morgan fingerprint density at radius 3 is 2.84 bits per heavy atom. The summed E-state index contributed by atoms with van der Waals surface area (Å²) in [5, 5.41) is 0. The fourth-order valence-corrected chi connectivity index (χ4v) is 2.34. The zero-order valence-corrected chi connectivity index (χ0v) is 11.5. The van der Waals surface area contributed by atoms with Crippen molar-refractivity contribution < 1.29 is 14.3 Å². The van der Waals surface area contributed by atoms with E-state index in [1.807, 2.05) is 13.0 Å². The van der Waals surface area contributed by atoms with Crippen LogP contribution in [0.3, 0.4) is 0 Å². The number of ether oxygens (including phenoxy) is 1. The highest BCUT2D eigenvalue weighted by atomic mass is 16.5. The summed E-state index contributed by atoms with van der Waals surface area (Å²) in [6.07, 6.45) is 8.38. The number of carbonyl (C=O) groups is 2. The van der Waals surface area contributed by atoms with Crippen LogP contribution in [0.4, 0.5) is 4.79 Å². The van der Waals surface area contributed by atoms with Crippen LogP contribution in [0.15, 0.2) is 23.8 Å². The molecule has 1 aliphatic carbocycles. The summed E-state index contributed by atoms with van der Waals surface area (Å²) >= 11 is 0. The summed E-state index contributed by atoms with van der Waals surface area (Å²) in [6.45, 7) is 2.77. The Bertz CT molecular complexity index is 428. The Balaban J connectivity index is 2.00. The molecule has 0 aromatic carbocycles. The Hall–Kier alpha value is -1.62. The lowest BCUT2D eigenvalue weighted by Crippen LogP contribution is -2.38. The fourth-order valence-electron chi connectivity index (χ4n) is 2.34. The van der Waals surface area contributed by atoms with Gasteiger partial charge in [-0.15, -0.1) is 0 Å². The van der Waals surface area contributed by atoms with Crippen LogP contribution >= 0.6 is 0 Å². The van der Waals surface area contributed by atoms with Gasteiger partial charge in [0.15, 0.2) is 0 Å². The van der Waals surface area contributed by atoms with Gasteiger partial charge in [-0.3, -0.25) is 14.6 Å². The number of amides is 3. The molecule has 19 heavy (non-hydrogen) atoms. The average Bonchev–Trinajstić information content (AvgIpc) is 2.63. The molecule has 1 heterocycles. The number of hydrogen-bond donors (Lipinski definition) is 0. The Morgan fingerprint density at radius 2 is 2.21 bits per heavy atom. The van der Waals surface area contributed by atoms with E-state index < -0.39 is 6.23 Å². The molecule has 0 bridgehead atoms. The fraction of sp³-hybridized carbons (Fsp3) is 0.571. The monoisotopic (exact) mass is 264 g/mol. The summed E-state index contributed by atoms with van der Waals surface area (Å²) in [5.41, 5.74) is 1.31. The minimum absolute atomic E-state index is 0.268. The molecule has 0 spiro atoms. The molecule has 5 nitrogen and oxygen atoms in total. The standard InChI is InChI=1S/C14H20N2O3/c1-3-19-13-12(17)15(2)14(18)16(13)10-9-11-7-5-4-6-8-11/h4-5,7,13H,3,6,8-10H2,1-2H3. The molecular weight excluding hydrogens is 244 g/mol. The first-order valence-corrected chi connectivity index (χ1v) is 6.69. The number of nitrogens with zero attached hydrogens (tertiary/aromatic N) is 2. The van der Waals surface area contributed by atoms with E-state index in [9.17, 15) is 9.59 Å². The van der Waals surface area contributed by atoms with Crippen LogP contribution in [0.25, 0.3) is 0 Å². The lowest BCUT2D eigenvalue weighted by Gasteiger charge is -2.22. The summed E-state index contributed by atoms with van der Waals surface area (Å²) in [4.78, 5) is 26.5. The maximum atomic E-state index is 12.0. The quantitative estimate of drug-likeness (QED) is 0.713. The molecule has 104 valence electrons. The predicted octanol–water partition coefficient (Wildman–Crippen LogP) is 1.91. The zero-order valence-electron chi connectivity index (χ0n) is 11.5. The van der Waals surface area contributed by atoms with E-state index in [-0.39, 0.29) is 11.9 Å². The van der Waals surface area contributed by atoms with Crippen molar-refractivity contribution in [2.75, 3.05) is 20.2 Å². The van der Waals surface area contributed by atoms with Crippen LogP contribution in [-0.4, -0.2) is 48.2 Å². The number of likely N-dealkylation sites (N-methyl/N-ethyl adjacent to an activating group) is 1. The lowest BCUT2D eigenvalue weighted by atomic mass is 10.0. The molecular formula is C14H20N2O3. The van der Waals surface area contributed by atoms with Crippen molar-refractivity contribution in [3.63, 3.8) is 0 Å². The molecule has 1 fully saturated rings. The van der Waals surface area contributed by atoms with Crippen molar-refractivity contribution >= 4 is 11.9 Å². The third kappa shape index (κ3) is 2.87. The van der Waals surface area contributed by atoms with E-state index in [2.05, 4.69) is 12.2 Å². The van der Waals surface area contributed by atoms with Crippen molar-refractivity contribution in [3.05, 3.63) is 23.8 Å². The second-order valence-electron chi connectivity index (χ2n) is 4.72. The molecule has 2 aliphatic rings. The Kier molecular flexibility index (Phi) is 4.37. The second-order valence-corrected chi connectivity index (χ2v) is 4.72. The molecule has 1 saturated heterocycles.